The van der Waals surface area contributed by atoms with Crippen LogP contribution in [-0.4, -0.2) is 18.3 Å². The van der Waals surface area contributed by atoms with Crippen molar-refractivity contribution in [2.24, 2.45) is 0 Å². The normalized spacial score (nSPS) is 16.1. The van der Waals surface area contributed by atoms with Crippen LogP contribution in [0.3, 0.4) is 0 Å². The van der Waals surface area contributed by atoms with Gasteiger partial charge in [-0.05, 0) is 90.8 Å². The summed E-state index contributed by atoms with van der Waals surface area (Å²) in [5.74, 6) is 0. The Labute approximate surface area is 240 Å². The third kappa shape index (κ3) is 4.19. The minimum atomic E-state index is -0.492. The Kier molecular flexibility index (Phi) is 5.97. The van der Waals surface area contributed by atoms with Gasteiger partial charge in [0.15, 0.2) is 0 Å². The van der Waals surface area contributed by atoms with Crippen LogP contribution >= 0.6 is 11.3 Å². The van der Waals surface area contributed by atoms with Crippen molar-refractivity contribution in [1.82, 2.24) is 0 Å². The van der Waals surface area contributed by atoms with Gasteiger partial charge in [0.05, 0.1) is 11.2 Å². The van der Waals surface area contributed by atoms with Crippen molar-refractivity contribution in [3.63, 3.8) is 0 Å². The molecule has 0 bridgehead atoms. The van der Waals surface area contributed by atoms with Crippen LogP contribution in [0.1, 0.15) is 27.7 Å². The van der Waals surface area contributed by atoms with Crippen molar-refractivity contribution in [1.29, 1.82) is 0 Å². The topological polar surface area (TPSA) is 18.5 Å². The summed E-state index contributed by atoms with van der Waals surface area (Å²) in [4.78, 5) is 0. The van der Waals surface area contributed by atoms with E-state index in [2.05, 4.69) is 143 Å². The average Bonchev–Trinajstić information content (AvgIpc) is 3.45. The van der Waals surface area contributed by atoms with Crippen LogP contribution in [-0.2, 0) is 9.31 Å². The molecule has 0 N–H and O–H groups in total. The summed E-state index contributed by atoms with van der Waals surface area (Å²) in [7, 11) is -0.492. The summed E-state index contributed by atoms with van der Waals surface area (Å²) in [6.07, 6.45) is 0. The van der Waals surface area contributed by atoms with E-state index in [4.69, 9.17) is 9.31 Å². The van der Waals surface area contributed by atoms with Gasteiger partial charge in [-0.2, -0.15) is 0 Å². The fourth-order valence-corrected chi connectivity index (χ4v) is 6.75. The molecule has 0 saturated carbocycles. The van der Waals surface area contributed by atoms with Crippen molar-refractivity contribution < 1.29 is 9.31 Å². The van der Waals surface area contributed by atoms with E-state index in [0.717, 1.165) is 22.2 Å². The molecule has 1 aliphatic heterocycles. The quantitative estimate of drug-likeness (QED) is 0.208. The van der Waals surface area contributed by atoms with Gasteiger partial charge >= 0.3 is 7.12 Å². The predicted molar refractivity (Wildman–Crippen MR) is 171 cm³/mol. The molecule has 4 heteroatoms. The minimum Gasteiger partial charge on any atom is -0.399 e. The highest BCUT2D eigenvalue weighted by molar-refractivity contribution is 7.25. The highest BCUT2D eigenvalue weighted by atomic mass is 32.1. The molecule has 40 heavy (non-hydrogen) atoms. The first-order valence-electron chi connectivity index (χ1n) is 13.9. The largest absolute Gasteiger partial charge is 0.495 e. The van der Waals surface area contributed by atoms with E-state index in [1.807, 2.05) is 11.3 Å². The first-order chi connectivity index (χ1) is 19.3. The monoisotopic (exact) mass is 538 g/mol. The minimum absolute atomic E-state index is 0.441. The number of rotatable bonds is 4. The van der Waals surface area contributed by atoms with Crippen LogP contribution in [0.5, 0.6) is 0 Å². The van der Waals surface area contributed by atoms with Gasteiger partial charge in [0.1, 0.15) is 0 Å². The third-order valence-electron chi connectivity index (χ3n) is 8.53. The van der Waals surface area contributed by atoms with E-state index in [1.165, 1.54) is 36.9 Å². The summed E-state index contributed by atoms with van der Waals surface area (Å²) in [6.45, 7) is 8.47. The molecule has 1 fully saturated rings. The molecule has 5 aromatic carbocycles. The molecular formula is C36H31BO2S. The number of hydrogen-bond acceptors (Lipinski definition) is 3. The van der Waals surface area contributed by atoms with Gasteiger partial charge in [-0.3, -0.25) is 0 Å². The maximum absolute atomic E-state index is 6.69. The predicted octanol–water partition coefficient (Wildman–Crippen LogP) is 9.35. The van der Waals surface area contributed by atoms with E-state index >= 15 is 0 Å². The SMILES string of the molecule is CC1(C)OB(c2cc(-c3ccccc3)cc(-c3ccc4sc5ccccc5c4c3)c2-c2ccccc2)OC1(C)C. The van der Waals surface area contributed by atoms with Crippen molar-refractivity contribution in [2.75, 3.05) is 0 Å². The molecule has 1 aliphatic rings. The average molecular weight is 539 g/mol. The lowest BCUT2D eigenvalue weighted by Crippen LogP contribution is -2.41. The molecule has 1 aromatic heterocycles. The lowest BCUT2D eigenvalue weighted by molar-refractivity contribution is 0.00578. The van der Waals surface area contributed by atoms with E-state index in [9.17, 15) is 0 Å². The molecule has 0 aliphatic carbocycles. The second-order valence-corrected chi connectivity index (χ2v) is 12.7. The zero-order valence-corrected chi connectivity index (χ0v) is 24.1. The van der Waals surface area contributed by atoms with E-state index in [1.54, 1.807) is 0 Å². The summed E-state index contributed by atoms with van der Waals surface area (Å²) in [5.41, 5.74) is 7.15. The molecule has 196 valence electrons. The molecule has 7 rings (SSSR count). The first kappa shape index (κ1) is 25.3. The van der Waals surface area contributed by atoms with Gasteiger partial charge in [-0.25, -0.2) is 0 Å². The van der Waals surface area contributed by atoms with Crippen molar-refractivity contribution in [3.05, 3.63) is 115 Å². The first-order valence-corrected chi connectivity index (χ1v) is 14.7. The zero-order valence-electron chi connectivity index (χ0n) is 23.3. The Morgan fingerprint density at radius 1 is 0.525 bits per heavy atom. The summed E-state index contributed by atoms with van der Waals surface area (Å²) in [6, 6.07) is 41.4. The molecule has 0 spiro atoms. The molecule has 0 amide bonds. The number of fused-ring (bicyclic) bond motifs is 3. The Morgan fingerprint density at radius 3 is 1.82 bits per heavy atom. The van der Waals surface area contributed by atoms with Gasteiger partial charge < -0.3 is 9.31 Å². The summed E-state index contributed by atoms with van der Waals surface area (Å²) in [5, 5.41) is 2.59. The molecule has 2 nitrogen and oxygen atoms in total. The van der Waals surface area contributed by atoms with Crippen LogP contribution < -0.4 is 5.46 Å². The van der Waals surface area contributed by atoms with Crippen LogP contribution in [0.15, 0.2) is 115 Å². The van der Waals surface area contributed by atoms with Gasteiger partial charge in [0.2, 0.25) is 0 Å². The number of thiophene rings is 1. The molecule has 6 aromatic rings. The number of hydrogen-bond donors (Lipinski definition) is 0. The zero-order chi connectivity index (χ0) is 27.5. The standard InChI is InChI=1S/C36H31BO2S/c1-35(2)36(3,4)39-37(38-35)31-23-27(24-13-7-5-8-14-24)22-29(34(31)25-15-9-6-10-16-25)26-19-20-33-30(21-26)28-17-11-12-18-32(28)40-33/h5-23H,1-4H3. The van der Waals surface area contributed by atoms with Crippen LogP contribution in [0.4, 0.5) is 0 Å². The van der Waals surface area contributed by atoms with Gasteiger partial charge in [0.25, 0.3) is 0 Å². The Bertz CT molecular complexity index is 1840. The van der Waals surface area contributed by atoms with Gasteiger partial charge in [-0.1, -0.05) is 91.0 Å². The Morgan fingerprint density at radius 2 is 1.12 bits per heavy atom. The lowest BCUT2D eigenvalue weighted by atomic mass is 9.71. The molecule has 0 atom stereocenters. The smallest absolute Gasteiger partial charge is 0.399 e. The maximum Gasteiger partial charge on any atom is 0.495 e. The molecule has 0 radical (unpaired) electrons. The van der Waals surface area contributed by atoms with Crippen LogP contribution in [0.2, 0.25) is 0 Å². The fourth-order valence-electron chi connectivity index (χ4n) is 5.67. The van der Waals surface area contributed by atoms with E-state index < -0.39 is 18.3 Å². The Hall–Kier alpha value is -3.70. The van der Waals surface area contributed by atoms with E-state index in [-0.39, 0.29) is 0 Å². The Balaban J connectivity index is 1.54. The molecule has 1 saturated heterocycles. The molecular weight excluding hydrogens is 507 g/mol. The number of benzene rings is 5. The van der Waals surface area contributed by atoms with Crippen molar-refractivity contribution in [3.8, 4) is 33.4 Å². The van der Waals surface area contributed by atoms with Gasteiger partial charge in [-0.15, -0.1) is 11.3 Å². The van der Waals surface area contributed by atoms with E-state index in [0.29, 0.717) is 0 Å². The summed E-state index contributed by atoms with van der Waals surface area (Å²) >= 11 is 1.85. The second-order valence-electron chi connectivity index (χ2n) is 11.6. The summed E-state index contributed by atoms with van der Waals surface area (Å²) < 4.78 is 16.0. The highest BCUT2D eigenvalue weighted by Crippen LogP contribution is 2.42. The second kappa shape index (κ2) is 9.45. The van der Waals surface area contributed by atoms with Crippen LogP contribution in [0, 0.1) is 0 Å². The van der Waals surface area contributed by atoms with Crippen molar-refractivity contribution >= 4 is 44.1 Å². The van der Waals surface area contributed by atoms with Gasteiger partial charge in [0, 0.05) is 20.2 Å². The molecule has 2 heterocycles. The van der Waals surface area contributed by atoms with Crippen LogP contribution in [0.25, 0.3) is 53.6 Å². The highest BCUT2D eigenvalue weighted by Gasteiger charge is 2.52. The third-order valence-corrected chi connectivity index (χ3v) is 9.69. The molecule has 0 unspecified atom stereocenters. The fraction of sp³-hybridized carbons (Fsp3) is 0.167. The van der Waals surface area contributed by atoms with Crippen molar-refractivity contribution in [2.45, 2.75) is 38.9 Å². The lowest BCUT2D eigenvalue weighted by Gasteiger charge is -2.32. The maximum atomic E-state index is 6.69.